The molecule has 0 spiro atoms. The van der Waals surface area contributed by atoms with Crippen LogP contribution in [0.5, 0.6) is 0 Å². The van der Waals surface area contributed by atoms with Crippen molar-refractivity contribution < 1.29 is 103 Å². The molecular formula is C8H5B3F12K-3. The van der Waals surface area contributed by atoms with Gasteiger partial charge in [0.25, 0.3) is 0 Å². The van der Waals surface area contributed by atoms with Gasteiger partial charge >= 0.3 is 73.1 Å². The smallest absolute Gasteiger partial charge is 0.418 e. The summed E-state index contributed by atoms with van der Waals surface area (Å²) < 4.78 is 117. The van der Waals surface area contributed by atoms with Gasteiger partial charge in [0.15, 0.2) is 0 Å². The van der Waals surface area contributed by atoms with Gasteiger partial charge in [0.05, 0.1) is 0 Å². The molecule has 0 unspecified atom stereocenters. The van der Waals surface area contributed by atoms with Gasteiger partial charge in [-0.25, -0.2) is 0 Å². The summed E-state index contributed by atoms with van der Waals surface area (Å²) in [6.45, 7) is 0. The summed E-state index contributed by atoms with van der Waals surface area (Å²) in [4.78, 5) is 0. The van der Waals surface area contributed by atoms with E-state index in [0.717, 1.165) is 5.56 Å². The first-order valence-corrected chi connectivity index (χ1v) is 5.03. The maximum atomic E-state index is 9.75. The molecule has 1 rings (SSSR count). The van der Waals surface area contributed by atoms with Gasteiger partial charge in [-0.3, -0.25) is 5.92 Å². The molecular weight excluding hydrogens is 396 g/mol. The van der Waals surface area contributed by atoms with Gasteiger partial charge in [-0.1, -0.05) is 18.2 Å². The minimum Gasteiger partial charge on any atom is -0.418 e. The van der Waals surface area contributed by atoms with Crippen LogP contribution < -0.4 is 51.4 Å². The first-order valence-electron chi connectivity index (χ1n) is 5.03. The van der Waals surface area contributed by atoms with Crippen LogP contribution in [0.4, 0.5) is 51.8 Å². The number of halogens is 12. The molecule has 0 amide bonds. The molecule has 0 atom stereocenters. The molecule has 0 saturated heterocycles. The fourth-order valence-corrected chi connectivity index (χ4v) is 0.521. The van der Waals surface area contributed by atoms with Gasteiger partial charge in [-0.05, 0) is 0 Å². The van der Waals surface area contributed by atoms with Crippen molar-refractivity contribution in [1.82, 2.24) is 0 Å². The maximum Gasteiger partial charge on any atom is 1.00 e. The van der Waals surface area contributed by atoms with Crippen LogP contribution in [0, 0.1) is 12.3 Å². The van der Waals surface area contributed by atoms with Crippen molar-refractivity contribution in [2.75, 3.05) is 0 Å². The molecule has 0 aliphatic rings. The first-order chi connectivity index (χ1) is 9.93. The third kappa shape index (κ3) is 98.4. The number of hydrogen-bond acceptors (Lipinski definition) is 0. The van der Waals surface area contributed by atoms with Crippen LogP contribution in [0.15, 0.2) is 30.3 Å². The van der Waals surface area contributed by atoms with E-state index in [1.807, 2.05) is 30.3 Å². The SMILES string of the molecule is F[B-](F)(F)F.F[B-](F)(F)F.F[B-](F)(F)F.[C-]#Cc1ccccc1.[K+]. The minimum absolute atomic E-state index is 0. The van der Waals surface area contributed by atoms with Crippen LogP contribution in [0.3, 0.4) is 0 Å². The third-order valence-electron chi connectivity index (χ3n) is 0.918. The van der Waals surface area contributed by atoms with Crippen LogP contribution in [-0.2, 0) is 0 Å². The van der Waals surface area contributed by atoms with Gasteiger partial charge < -0.3 is 58.2 Å². The molecule has 0 nitrogen and oxygen atoms in total. The van der Waals surface area contributed by atoms with E-state index in [-0.39, 0.29) is 51.4 Å². The van der Waals surface area contributed by atoms with Crippen molar-refractivity contribution in [3.63, 3.8) is 0 Å². The molecule has 0 saturated carbocycles. The van der Waals surface area contributed by atoms with E-state index < -0.39 is 21.8 Å². The molecule has 0 fully saturated rings. The van der Waals surface area contributed by atoms with Crippen LogP contribution in [0.2, 0.25) is 0 Å². The standard InChI is InChI=1S/C8H5.3BF4.K/c1-2-8-6-4-3-5-7-8;3*2-1(3,4)5;/h3-7H;;;;/q4*-1;+1. The Morgan fingerprint density at radius 2 is 0.792 bits per heavy atom. The molecule has 24 heavy (non-hydrogen) atoms. The van der Waals surface area contributed by atoms with E-state index in [1.54, 1.807) is 0 Å². The van der Waals surface area contributed by atoms with E-state index >= 15 is 0 Å². The van der Waals surface area contributed by atoms with Crippen molar-refractivity contribution in [3.8, 4) is 5.92 Å². The van der Waals surface area contributed by atoms with Crippen LogP contribution >= 0.6 is 0 Å². The topological polar surface area (TPSA) is 0 Å². The Morgan fingerprint density at radius 1 is 0.583 bits per heavy atom. The normalized spacial score (nSPS) is 10.1. The summed E-state index contributed by atoms with van der Waals surface area (Å²) in [7, 11) is -18.0. The Hall–Kier alpha value is -0.229. The molecule has 0 radical (unpaired) electrons. The summed E-state index contributed by atoms with van der Waals surface area (Å²) in [6.07, 6.45) is 6.69. The zero-order valence-electron chi connectivity index (χ0n) is 11.7. The Balaban J connectivity index is -0.000000113. The van der Waals surface area contributed by atoms with E-state index in [0.29, 0.717) is 0 Å². The zero-order valence-corrected chi connectivity index (χ0v) is 14.8. The number of hydrogen-bond donors (Lipinski definition) is 0. The van der Waals surface area contributed by atoms with Crippen LogP contribution in [0.1, 0.15) is 5.56 Å². The van der Waals surface area contributed by atoms with Crippen molar-refractivity contribution in [1.29, 1.82) is 0 Å². The second-order valence-electron chi connectivity index (χ2n) is 2.98. The van der Waals surface area contributed by atoms with E-state index in [2.05, 4.69) is 5.92 Å². The average Bonchev–Trinajstić information content (AvgIpc) is 2.23. The van der Waals surface area contributed by atoms with Crippen molar-refractivity contribution in [2.45, 2.75) is 0 Å². The molecule has 0 aliphatic carbocycles. The molecule has 134 valence electrons. The quantitative estimate of drug-likeness (QED) is 0.272. The van der Waals surface area contributed by atoms with Gasteiger partial charge in [-0.2, -0.15) is 0 Å². The van der Waals surface area contributed by atoms with Crippen molar-refractivity contribution in [3.05, 3.63) is 42.3 Å². The van der Waals surface area contributed by atoms with Gasteiger partial charge in [0, 0.05) is 0 Å². The molecule has 1 aromatic rings. The predicted molar refractivity (Wildman–Crippen MR) is 63.2 cm³/mol. The summed E-state index contributed by atoms with van der Waals surface area (Å²) in [5, 5.41) is 0. The van der Waals surface area contributed by atoms with Gasteiger partial charge in [-0.15, -0.1) is 17.7 Å². The molecule has 0 heterocycles. The summed E-state index contributed by atoms with van der Waals surface area (Å²) in [5.41, 5.74) is 0.826. The van der Waals surface area contributed by atoms with Crippen LogP contribution in [0.25, 0.3) is 0 Å². The summed E-state index contributed by atoms with van der Waals surface area (Å²) in [6, 6.07) is 9.37. The third-order valence-corrected chi connectivity index (χ3v) is 0.918. The first kappa shape index (κ1) is 31.5. The molecule has 16 heteroatoms. The Morgan fingerprint density at radius 3 is 0.917 bits per heavy atom. The Labute approximate surface area is 172 Å². The molecule has 0 aliphatic heterocycles. The Kier molecular flexibility index (Phi) is 19.8. The molecule has 1 aromatic carbocycles. The number of benzene rings is 1. The monoisotopic (exact) mass is 401 g/mol. The molecule has 0 bridgehead atoms. The fraction of sp³-hybridized carbons (Fsp3) is 0. The van der Waals surface area contributed by atoms with Gasteiger partial charge in [0.1, 0.15) is 0 Å². The minimum atomic E-state index is -6.00. The van der Waals surface area contributed by atoms with Crippen molar-refractivity contribution in [2.24, 2.45) is 0 Å². The second kappa shape index (κ2) is 15.1. The average molecular weight is 401 g/mol. The summed E-state index contributed by atoms with van der Waals surface area (Å²) >= 11 is 0. The Bertz CT molecular complexity index is 388. The number of rotatable bonds is 0. The van der Waals surface area contributed by atoms with Crippen molar-refractivity contribution >= 4 is 21.8 Å². The van der Waals surface area contributed by atoms with E-state index in [1.165, 1.54) is 0 Å². The van der Waals surface area contributed by atoms with E-state index in [4.69, 9.17) is 6.42 Å². The molecule has 0 aromatic heterocycles. The fourth-order valence-electron chi connectivity index (χ4n) is 0.521. The molecule has 0 N–H and O–H groups in total. The summed E-state index contributed by atoms with van der Waals surface area (Å²) in [5.74, 6) is 2.28. The largest absolute Gasteiger partial charge is 1.00 e. The zero-order chi connectivity index (χ0) is 19.3. The predicted octanol–water partition coefficient (Wildman–Crippen LogP) is 2.53. The second-order valence-corrected chi connectivity index (χ2v) is 2.98. The maximum absolute atomic E-state index is 9.75. The van der Waals surface area contributed by atoms with E-state index in [9.17, 15) is 51.8 Å². The van der Waals surface area contributed by atoms with Crippen LogP contribution in [-0.4, -0.2) is 21.8 Å². The van der Waals surface area contributed by atoms with Gasteiger partial charge in [0.2, 0.25) is 0 Å².